The third kappa shape index (κ3) is 3.83. The predicted molar refractivity (Wildman–Crippen MR) is 71.8 cm³/mol. The Hall–Kier alpha value is -1.29. The van der Waals surface area contributed by atoms with Crippen LogP contribution in [0.2, 0.25) is 0 Å². The lowest BCUT2D eigenvalue weighted by Crippen LogP contribution is -2.24. The van der Waals surface area contributed by atoms with Gasteiger partial charge in [-0.05, 0) is 6.07 Å². The van der Waals surface area contributed by atoms with Gasteiger partial charge in [0.2, 0.25) is 0 Å². The number of carboxylic acid groups (broad SMARTS) is 1. The van der Waals surface area contributed by atoms with Crippen LogP contribution in [0.1, 0.15) is 10.4 Å². The van der Waals surface area contributed by atoms with Crippen molar-refractivity contribution in [2.24, 2.45) is 0 Å². The van der Waals surface area contributed by atoms with E-state index in [9.17, 15) is 25.1 Å². The second-order valence-electron chi connectivity index (χ2n) is 3.47. The normalized spacial score (nSPS) is 13.8. The van der Waals surface area contributed by atoms with E-state index in [1.807, 2.05) is 0 Å². The van der Waals surface area contributed by atoms with E-state index in [4.69, 9.17) is 5.11 Å². The Balaban J connectivity index is 3.22. The summed E-state index contributed by atoms with van der Waals surface area (Å²) in [6.07, 6.45) is -1.23. The number of hydrogen-bond donors (Lipinski definition) is 4. The fourth-order valence-corrected chi connectivity index (χ4v) is 2.63. The second kappa shape index (κ2) is 6.75. The van der Waals surface area contributed by atoms with E-state index in [1.54, 1.807) is 0 Å². The van der Waals surface area contributed by atoms with E-state index < -0.39 is 28.1 Å². The van der Waals surface area contributed by atoms with Crippen molar-refractivity contribution in [2.45, 2.75) is 16.4 Å². The highest BCUT2D eigenvalue weighted by Gasteiger charge is 2.26. The number of nitro groups is 1. The number of thiol groups is 1. The molecule has 0 fully saturated rings. The van der Waals surface area contributed by atoms with Crippen molar-refractivity contribution in [3.63, 3.8) is 0 Å². The highest BCUT2D eigenvalue weighted by Crippen LogP contribution is 2.35. The van der Waals surface area contributed by atoms with Crippen LogP contribution in [-0.4, -0.2) is 43.5 Å². The van der Waals surface area contributed by atoms with Crippen LogP contribution in [0.15, 0.2) is 23.1 Å². The standard InChI is InChI=1S/C10H11NO6S2/c12-7(4-18)10(15)19-8-5(9(13)14)2-1-3-6(8)11(16)17/h1-3,7,10,12,15,18H,4H2,(H,13,14). The van der Waals surface area contributed by atoms with Gasteiger partial charge in [0.1, 0.15) is 10.3 Å². The maximum absolute atomic E-state index is 11.0. The van der Waals surface area contributed by atoms with Crippen molar-refractivity contribution in [1.29, 1.82) is 0 Å². The number of aliphatic hydroxyl groups is 2. The van der Waals surface area contributed by atoms with Crippen LogP contribution < -0.4 is 0 Å². The zero-order valence-electron chi connectivity index (χ0n) is 9.46. The van der Waals surface area contributed by atoms with Crippen LogP contribution in [0.5, 0.6) is 0 Å². The van der Waals surface area contributed by atoms with Gasteiger partial charge in [0.15, 0.2) is 0 Å². The maximum atomic E-state index is 11.0. The molecule has 0 amide bonds. The second-order valence-corrected chi connectivity index (χ2v) is 4.97. The molecule has 2 unspecified atom stereocenters. The van der Waals surface area contributed by atoms with Crippen molar-refractivity contribution in [3.05, 3.63) is 33.9 Å². The molecule has 0 saturated heterocycles. The molecule has 9 heteroatoms. The van der Waals surface area contributed by atoms with E-state index in [2.05, 4.69) is 12.6 Å². The van der Waals surface area contributed by atoms with Crippen LogP contribution in [0, 0.1) is 10.1 Å². The number of nitrogens with zero attached hydrogens (tertiary/aromatic N) is 1. The molecule has 1 aromatic rings. The van der Waals surface area contributed by atoms with E-state index in [0.29, 0.717) is 11.8 Å². The summed E-state index contributed by atoms with van der Waals surface area (Å²) in [5.41, 5.74) is -2.14. The first-order valence-corrected chi connectivity index (χ1v) is 6.54. The van der Waals surface area contributed by atoms with Crippen molar-refractivity contribution >= 4 is 36.0 Å². The number of hydrogen-bond acceptors (Lipinski definition) is 7. The summed E-state index contributed by atoms with van der Waals surface area (Å²) in [4.78, 5) is 20.9. The predicted octanol–water partition coefficient (Wildman–Crippen LogP) is 0.994. The lowest BCUT2D eigenvalue weighted by Gasteiger charge is -2.16. The van der Waals surface area contributed by atoms with Gasteiger partial charge in [0.25, 0.3) is 5.69 Å². The first kappa shape index (κ1) is 15.8. The molecule has 1 rings (SSSR count). The molecular formula is C10H11NO6S2. The molecule has 0 spiro atoms. The minimum atomic E-state index is -1.41. The van der Waals surface area contributed by atoms with E-state index in [-0.39, 0.29) is 16.2 Å². The van der Waals surface area contributed by atoms with E-state index in [1.165, 1.54) is 12.1 Å². The molecule has 0 aromatic heterocycles. The average molecular weight is 305 g/mol. The van der Waals surface area contributed by atoms with Gasteiger partial charge in [0.05, 0.1) is 16.6 Å². The van der Waals surface area contributed by atoms with Crippen LogP contribution in [0.3, 0.4) is 0 Å². The van der Waals surface area contributed by atoms with Crippen LogP contribution in [0.25, 0.3) is 0 Å². The molecule has 19 heavy (non-hydrogen) atoms. The Kier molecular flexibility index (Phi) is 5.60. The number of aliphatic hydroxyl groups excluding tert-OH is 2. The Morgan fingerprint density at radius 2 is 2.11 bits per heavy atom. The van der Waals surface area contributed by atoms with Gasteiger partial charge in [0, 0.05) is 11.8 Å². The number of thioether (sulfide) groups is 1. The number of carbonyl (C=O) groups is 1. The first-order chi connectivity index (χ1) is 8.88. The molecule has 104 valence electrons. The summed E-state index contributed by atoms with van der Waals surface area (Å²) in [6.45, 7) is 0. The average Bonchev–Trinajstić information content (AvgIpc) is 2.37. The fraction of sp³-hybridized carbons (Fsp3) is 0.300. The van der Waals surface area contributed by atoms with Gasteiger partial charge in [-0.2, -0.15) is 12.6 Å². The summed E-state index contributed by atoms with van der Waals surface area (Å²) < 4.78 is 0. The Labute approximate surface area is 117 Å². The maximum Gasteiger partial charge on any atom is 0.337 e. The Bertz CT molecular complexity index is 463. The van der Waals surface area contributed by atoms with Crippen LogP contribution in [-0.2, 0) is 0 Å². The van der Waals surface area contributed by atoms with Gasteiger partial charge < -0.3 is 15.3 Å². The third-order valence-corrected chi connectivity index (χ3v) is 3.77. The molecule has 7 nitrogen and oxygen atoms in total. The molecule has 0 aliphatic rings. The minimum absolute atomic E-state index is 0.0583. The molecule has 0 saturated carbocycles. The van der Waals surface area contributed by atoms with Gasteiger partial charge in [-0.15, -0.1) is 0 Å². The molecule has 0 aliphatic carbocycles. The van der Waals surface area contributed by atoms with Crippen LogP contribution in [0.4, 0.5) is 5.69 Å². The number of rotatable bonds is 6. The first-order valence-electron chi connectivity index (χ1n) is 5.02. The number of benzene rings is 1. The van der Waals surface area contributed by atoms with Gasteiger partial charge in [-0.3, -0.25) is 10.1 Å². The van der Waals surface area contributed by atoms with Crippen molar-refractivity contribution < 1.29 is 25.0 Å². The minimum Gasteiger partial charge on any atom is -0.478 e. The highest BCUT2D eigenvalue weighted by atomic mass is 32.2. The zero-order chi connectivity index (χ0) is 14.6. The van der Waals surface area contributed by atoms with E-state index >= 15 is 0 Å². The SMILES string of the molecule is O=C(O)c1cccc([N+](=O)[O-])c1SC(O)C(O)CS. The Morgan fingerprint density at radius 1 is 1.47 bits per heavy atom. The summed E-state index contributed by atoms with van der Waals surface area (Å²) in [5.74, 6) is -1.41. The molecule has 0 aliphatic heterocycles. The summed E-state index contributed by atoms with van der Waals surface area (Å²) in [5, 5.41) is 38.9. The molecule has 1 aromatic carbocycles. The summed E-state index contributed by atoms with van der Waals surface area (Å²) in [7, 11) is 0. The lowest BCUT2D eigenvalue weighted by atomic mass is 10.2. The third-order valence-electron chi connectivity index (χ3n) is 2.18. The topological polar surface area (TPSA) is 121 Å². The monoisotopic (exact) mass is 305 g/mol. The lowest BCUT2D eigenvalue weighted by molar-refractivity contribution is -0.387. The molecule has 3 N–H and O–H groups in total. The van der Waals surface area contributed by atoms with Crippen LogP contribution >= 0.6 is 24.4 Å². The molecule has 0 bridgehead atoms. The van der Waals surface area contributed by atoms with Crippen molar-refractivity contribution in [1.82, 2.24) is 0 Å². The van der Waals surface area contributed by atoms with Gasteiger partial charge in [-0.1, -0.05) is 17.8 Å². The summed E-state index contributed by atoms with van der Waals surface area (Å²) >= 11 is 4.30. The molecular weight excluding hydrogens is 294 g/mol. The molecule has 2 atom stereocenters. The zero-order valence-corrected chi connectivity index (χ0v) is 11.2. The van der Waals surface area contributed by atoms with E-state index in [0.717, 1.165) is 6.07 Å². The van der Waals surface area contributed by atoms with Crippen molar-refractivity contribution in [2.75, 3.05) is 5.75 Å². The number of aromatic carboxylic acids is 1. The van der Waals surface area contributed by atoms with Gasteiger partial charge >= 0.3 is 5.97 Å². The molecule has 0 radical (unpaired) electrons. The van der Waals surface area contributed by atoms with Gasteiger partial charge in [-0.25, -0.2) is 4.79 Å². The molecule has 0 heterocycles. The number of nitro benzene ring substituents is 1. The quantitative estimate of drug-likeness (QED) is 0.203. The highest BCUT2D eigenvalue weighted by molar-refractivity contribution is 8.00. The van der Waals surface area contributed by atoms with Crippen molar-refractivity contribution in [3.8, 4) is 0 Å². The smallest absolute Gasteiger partial charge is 0.337 e. The number of carboxylic acids is 1. The Morgan fingerprint density at radius 3 is 2.58 bits per heavy atom. The fourth-order valence-electron chi connectivity index (χ4n) is 1.25. The largest absolute Gasteiger partial charge is 0.478 e. The summed E-state index contributed by atoms with van der Waals surface area (Å²) in [6, 6.07) is 3.57.